The van der Waals surface area contributed by atoms with Crippen molar-refractivity contribution in [3.05, 3.63) is 48.4 Å². The molecule has 0 fully saturated rings. The molecule has 0 unspecified atom stereocenters. The first kappa shape index (κ1) is 10.6. The van der Waals surface area contributed by atoms with Gasteiger partial charge in [0.05, 0.1) is 6.20 Å². The molecule has 5 nitrogen and oxygen atoms in total. The lowest BCUT2D eigenvalue weighted by Crippen LogP contribution is -1.83. The van der Waals surface area contributed by atoms with Crippen LogP contribution in [-0.2, 0) is 0 Å². The Balaban J connectivity index is 1.97. The quantitative estimate of drug-likeness (QED) is 0.686. The number of aryl methyl sites for hydroxylation is 1. The fourth-order valence-corrected chi connectivity index (χ4v) is 1.55. The van der Waals surface area contributed by atoms with Crippen LogP contribution < -0.4 is 0 Å². The zero-order chi connectivity index (χ0) is 12.4. The summed E-state index contributed by atoms with van der Waals surface area (Å²) >= 11 is 0. The fourth-order valence-electron chi connectivity index (χ4n) is 1.55. The van der Waals surface area contributed by atoms with Crippen molar-refractivity contribution in [1.82, 2.24) is 20.2 Å². The van der Waals surface area contributed by atoms with E-state index >= 15 is 0 Å². The number of aromatic nitrogens is 4. The van der Waals surface area contributed by atoms with Gasteiger partial charge in [-0.2, -0.15) is 0 Å². The summed E-state index contributed by atoms with van der Waals surface area (Å²) in [6.45, 7) is 2.03. The molecule has 0 aliphatic rings. The van der Waals surface area contributed by atoms with E-state index in [1.807, 2.05) is 31.2 Å². The van der Waals surface area contributed by atoms with Gasteiger partial charge in [-0.3, -0.25) is 4.98 Å². The minimum atomic E-state index is 0.374. The first-order valence-corrected chi connectivity index (χ1v) is 5.50. The first-order chi connectivity index (χ1) is 8.83. The van der Waals surface area contributed by atoms with Gasteiger partial charge in [-0.15, -0.1) is 10.2 Å². The van der Waals surface area contributed by atoms with Gasteiger partial charge in [-0.25, -0.2) is 4.98 Å². The molecule has 0 atom stereocenters. The summed E-state index contributed by atoms with van der Waals surface area (Å²) in [4.78, 5) is 8.08. The number of hydrogen-bond donors (Lipinski definition) is 0. The molecule has 3 rings (SSSR count). The third-order valence-corrected chi connectivity index (χ3v) is 2.51. The lowest BCUT2D eigenvalue weighted by atomic mass is 10.1. The highest BCUT2D eigenvalue weighted by atomic mass is 16.4. The van der Waals surface area contributed by atoms with Crippen molar-refractivity contribution < 1.29 is 4.42 Å². The molecule has 5 heteroatoms. The summed E-state index contributed by atoms with van der Waals surface area (Å²) in [6.07, 6.45) is 4.78. The Bertz CT molecular complexity index is 646. The predicted molar refractivity (Wildman–Crippen MR) is 65.5 cm³/mol. The van der Waals surface area contributed by atoms with Crippen LogP contribution in [0.25, 0.3) is 23.0 Å². The molecule has 0 aliphatic heterocycles. The van der Waals surface area contributed by atoms with Crippen LogP contribution in [-0.4, -0.2) is 20.2 Å². The molecule has 0 N–H and O–H groups in total. The van der Waals surface area contributed by atoms with Gasteiger partial charge in [0.2, 0.25) is 5.89 Å². The highest BCUT2D eigenvalue weighted by Gasteiger charge is 2.10. The van der Waals surface area contributed by atoms with Crippen LogP contribution in [0, 0.1) is 6.92 Å². The highest BCUT2D eigenvalue weighted by molar-refractivity contribution is 5.55. The van der Waals surface area contributed by atoms with Gasteiger partial charge in [-0.1, -0.05) is 17.7 Å². The molecule has 88 valence electrons. The zero-order valence-electron chi connectivity index (χ0n) is 9.74. The molecular weight excluding hydrogens is 228 g/mol. The van der Waals surface area contributed by atoms with E-state index in [4.69, 9.17) is 4.42 Å². The van der Waals surface area contributed by atoms with Crippen LogP contribution in [0.5, 0.6) is 0 Å². The third-order valence-electron chi connectivity index (χ3n) is 2.51. The number of nitrogens with zero attached hydrogens (tertiary/aromatic N) is 4. The van der Waals surface area contributed by atoms with Crippen molar-refractivity contribution in [2.24, 2.45) is 0 Å². The summed E-state index contributed by atoms with van der Waals surface area (Å²) in [7, 11) is 0. The van der Waals surface area contributed by atoms with Crippen molar-refractivity contribution in [2.75, 3.05) is 0 Å². The summed E-state index contributed by atoms with van der Waals surface area (Å²) < 4.78 is 5.57. The number of rotatable bonds is 2. The van der Waals surface area contributed by atoms with E-state index in [0.717, 1.165) is 5.56 Å². The Hall–Kier alpha value is -2.56. The second-order valence-corrected chi connectivity index (χ2v) is 3.87. The van der Waals surface area contributed by atoms with Crippen LogP contribution in [0.4, 0.5) is 0 Å². The molecule has 1 aromatic carbocycles. The number of hydrogen-bond acceptors (Lipinski definition) is 5. The van der Waals surface area contributed by atoms with Crippen molar-refractivity contribution in [3.8, 4) is 23.0 Å². The maximum Gasteiger partial charge on any atom is 0.268 e. The zero-order valence-corrected chi connectivity index (χ0v) is 9.74. The van der Waals surface area contributed by atoms with Gasteiger partial charge in [-0.05, 0) is 19.1 Å². The van der Waals surface area contributed by atoms with E-state index in [0.29, 0.717) is 17.5 Å². The molecule has 18 heavy (non-hydrogen) atoms. The second kappa shape index (κ2) is 4.37. The predicted octanol–water partition coefficient (Wildman–Crippen LogP) is 2.50. The molecule has 3 aromatic rings. The van der Waals surface area contributed by atoms with Crippen molar-refractivity contribution in [1.29, 1.82) is 0 Å². The van der Waals surface area contributed by atoms with E-state index in [-0.39, 0.29) is 0 Å². The van der Waals surface area contributed by atoms with Gasteiger partial charge in [0.25, 0.3) is 5.89 Å². The largest absolute Gasteiger partial charge is 0.415 e. The fraction of sp³-hybridized carbons (Fsp3) is 0.0769. The van der Waals surface area contributed by atoms with Crippen molar-refractivity contribution >= 4 is 0 Å². The van der Waals surface area contributed by atoms with Crippen LogP contribution in [0.3, 0.4) is 0 Å². The van der Waals surface area contributed by atoms with Gasteiger partial charge < -0.3 is 4.42 Å². The van der Waals surface area contributed by atoms with Crippen molar-refractivity contribution in [3.63, 3.8) is 0 Å². The summed E-state index contributed by atoms with van der Waals surface area (Å²) in [5, 5.41) is 7.97. The maximum absolute atomic E-state index is 5.57. The molecular formula is C13H10N4O. The molecule has 2 aromatic heterocycles. The van der Waals surface area contributed by atoms with Crippen LogP contribution in [0.1, 0.15) is 5.56 Å². The van der Waals surface area contributed by atoms with E-state index in [9.17, 15) is 0 Å². The standard InChI is InChI=1S/C13H10N4O/c1-9-2-4-10(5-3-9)12-16-17-13(18-12)11-8-14-6-7-15-11/h2-8H,1H3. The molecule has 0 amide bonds. The van der Waals surface area contributed by atoms with Crippen LogP contribution >= 0.6 is 0 Å². The minimum Gasteiger partial charge on any atom is -0.415 e. The van der Waals surface area contributed by atoms with E-state index in [1.165, 1.54) is 5.56 Å². The second-order valence-electron chi connectivity index (χ2n) is 3.87. The SMILES string of the molecule is Cc1ccc(-c2nnc(-c3cnccn3)o2)cc1. The van der Waals surface area contributed by atoms with Gasteiger partial charge in [0, 0.05) is 18.0 Å². The highest BCUT2D eigenvalue weighted by Crippen LogP contribution is 2.22. The van der Waals surface area contributed by atoms with E-state index < -0.39 is 0 Å². The average Bonchev–Trinajstić information content (AvgIpc) is 2.90. The van der Waals surface area contributed by atoms with E-state index in [1.54, 1.807) is 18.6 Å². The van der Waals surface area contributed by atoms with E-state index in [2.05, 4.69) is 20.2 Å². The van der Waals surface area contributed by atoms with Gasteiger partial charge in [0.15, 0.2) is 0 Å². The van der Waals surface area contributed by atoms with Crippen molar-refractivity contribution in [2.45, 2.75) is 6.92 Å². The molecule has 0 aliphatic carbocycles. The van der Waals surface area contributed by atoms with Gasteiger partial charge >= 0.3 is 0 Å². The summed E-state index contributed by atoms with van der Waals surface area (Å²) in [5.74, 6) is 0.856. The first-order valence-electron chi connectivity index (χ1n) is 5.50. The third kappa shape index (κ3) is 1.98. The Morgan fingerprint density at radius 1 is 0.944 bits per heavy atom. The average molecular weight is 238 g/mol. The van der Waals surface area contributed by atoms with Gasteiger partial charge in [0.1, 0.15) is 5.69 Å². The smallest absolute Gasteiger partial charge is 0.268 e. The van der Waals surface area contributed by atoms with Crippen LogP contribution in [0.15, 0.2) is 47.3 Å². The lowest BCUT2D eigenvalue weighted by Gasteiger charge is -1.95. The molecule has 0 saturated heterocycles. The lowest BCUT2D eigenvalue weighted by molar-refractivity contribution is 0.581. The normalized spacial score (nSPS) is 10.5. The Morgan fingerprint density at radius 3 is 2.44 bits per heavy atom. The molecule has 0 bridgehead atoms. The molecule has 0 spiro atoms. The Morgan fingerprint density at radius 2 is 1.72 bits per heavy atom. The maximum atomic E-state index is 5.57. The minimum absolute atomic E-state index is 0.374. The number of benzene rings is 1. The van der Waals surface area contributed by atoms with Crippen LogP contribution in [0.2, 0.25) is 0 Å². The molecule has 0 saturated carbocycles. The topological polar surface area (TPSA) is 64.7 Å². The Labute approximate surface area is 104 Å². The monoisotopic (exact) mass is 238 g/mol. The Kier molecular flexibility index (Phi) is 2.57. The molecule has 0 radical (unpaired) electrons. The molecule has 2 heterocycles. The summed E-state index contributed by atoms with van der Waals surface area (Å²) in [6, 6.07) is 7.90. The summed E-state index contributed by atoms with van der Waals surface area (Å²) in [5.41, 5.74) is 2.65.